The first-order valence-electron chi connectivity index (χ1n) is 7.05. The van der Waals surface area contributed by atoms with Crippen LogP contribution in [0.25, 0.3) is 0 Å². The van der Waals surface area contributed by atoms with Crippen LogP contribution in [0.4, 0.5) is 0 Å². The lowest BCUT2D eigenvalue weighted by Gasteiger charge is -2.32. The molecule has 1 aliphatic heterocycles. The van der Waals surface area contributed by atoms with Crippen molar-refractivity contribution in [3.8, 4) is 0 Å². The van der Waals surface area contributed by atoms with Gasteiger partial charge in [0.25, 0.3) is 5.91 Å². The van der Waals surface area contributed by atoms with Crippen molar-refractivity contribution in [2.75, 3.05) is 13.1 Å². The fourth-order valence-corrected chi connectivity index (χ4v) is 2.32. The quantitative estimate of drug-likeness (QED) is 0.890. The third-order valence-corrected chi connectivity index (χ3v) is 3.44. The van der Waals surface area contributed by atoms with E-state index >= 15 is 0 Å². The average Bonchev–Trinajstić information content (AvgIpc) is 2.49. The van der Waals surface area contributed by atoms with Crippen LogP contribution < -0.4 is 5.32 Å². The second-order valence-electron chi connectivity index (χ2n) is 4.97. The van der Waals surface area contributed by atoms with Gasteiger partial charge in [0.1, 0.15) is 5.69 Å². The van der Waals surface area contributed by atoms with E-state index in [1.807, 2.05) is 11.8 Å². The minimum atomic E-state index is -0.198. The van der Waals surface area contributed by atoms with E-state index in [1.165, 1.54) is 18.6 Å². The van der Waals surface area contributed by atoms with E-state index in [0.717, 1.165) is 19.3 Å². The highest BCUT2D eigenvalue weighted by molar-refractivity contribution is 5.92. The highest BCUT2D eigenvalue weighted by Gasteiger charge is 2.23. The van der Waals surface area contributed by atoms with Gasteiger partial charge in [-0.2, -0.15) is 0 Å². The van der Waals surface area contributed by atoms with Crippen LogP contribution in [0, 0.1) is 0 Å². The zero-order chi connectivity index (χ0) is 14.4. The number of likely N-dealkylation sites (tertiary alicyclic amines) is 1. The van der Waals surface area contributed by atoms with Crippen LogP contribution in [0.3, 0.4) is 0 Å². The van der Waals surface area contributed by atoms with E-state index in [2.05, 4.69) is 15.3 Å². The molecule has 1 N–H and O–H groups in total. The standard InChI is InChI=1S/C14H20N4O2/c1-2-3-13(19)18-8-4-11(5-9-18)17-14(20)12-10-15-6-7-16-12/h6-7,10-11H,2-5,8-9H2,1H3,(H,17,20). The molecule has 0 aromatic carbocycles. The van der Waals surface area contributed by atoms with Crippen molar-refractivity contribution in [2.45, 2.75) is 38.6 Å². The highest BCUT2D eigenvalue weighted by Crippen LogP contribution is 2.12. The summed E-state index contributed by atoms with van der Waals surface area (Å²) in [6.07, 6.45) is 7.56. The summed E-state index contributed by atoms with van der Waals surface area (Å²) in [7, 11) is 0. The maximum absolute atomic E-state index is 11.9. The summed E-state index contributed by atoms with van der Waals surface area (Å²) >= 11 is 0. The second kappa shape index (κ2) is 6.98. The van der Waals surface area contributed by atoms with Crippen molar-refractivity contribution in [2.24, 2.45) is 0 Å². The second-order valence-corrected chi connectivity index (χ2v) is 4.97. The van der Waals surface area contributed by atoms with E-state index in [1.54, 1.807) is 0 Å². The van der Waals surface area contributed by atoms with Crippen molar-refractivity contribution in [3.63, 3.8) is 0 Å². The number of amides is 2. The summed E-state index contributed by atoms with van der Waals surface area (Å²) in [5, 5.41) is 2.95. The van der Waals surface area contributed by atoms with Crippen molar-refractivity contribution >= 4 is 11.8 Å². The Bertz CT molecular complexity index is 456. The summed E-state index contributed by atoms with van der Waals surface area (Å²) in [4.78, 5) is 33.4. The summed E-state index contributed by atoms with van der Waals surface area (Å²) in [5.74, 6) is 0.0163. The first kappa shape index (κ1) is 14.4. The SMILES string of the molecule is CCCC(=O)N1CCC(NC(=O)c2cnccn2)CC1. The highest BCUT2D eigenvalue weighted by atomic mass is 16.2. The molecule has 0 spiro atoms. The molecule has 2 rings (SSSR count). The molecule has 2 amide bonds. The molecule has 1 aliphatic rings. The smallest absolute Gasteiger partial charge is 0.271 e. The van der Waals surface area contributed by atoms with E-state index in [4.69, 9.17) is 0 Å². The number of rotatable bonds is 4. The van der Waals surface area contributed by atoms with E-state index in [-0.39, 0.29) is 17.9 Å². The summed E-state index contributed by atoms with van der Waals surface area (Å²) in [5.41, 5.74) is 0.331. The Balaban J connectivity index is 1.80. The van der Waals surface area contributed by atoms with E-state index in [9.17, 15) is 9.59 Å². The van der Waals surface area contributed by atoms with Crippen LogP contribution in [-0.2, 0) is 4.79 Å². The monoisotopic (exact) mass is 276 g/mol. The molecule has 0 unspecified atom stereocenters. The zero-order valence-electron chi connectivity index (χ0n) is 11.7. The van der Waals surface area contributed by atoms with Gasteiger partial charge in [-0.3, -0.25) is 14.6 Å². The third-order valence-electron chi connectivity index (χ3n) is 3.44. The Labute approximate surface area is 118 Å². The molecule has 1 saturated heterocycles. The number of piperidine rings is 1. The third kappa shape index (κ3) is 3.76. The topological polar surface area (TPSA) is 75.2 Å². The van der Waals surface area contributed by atoms with E-state index in [0.29, 0.717) is 25.2 Å². The molecule has 6 heteroatoms. The van der Waals surface area contributed by atoms with Gasteiger partial charge in [-0.15, -0.1) is 0 Å². The molecule has 1 fully saturated rings. The largest absolute Gasteiger partial charge is 0.348 e. The summed E-state index contributed by atoms with van der Waals surface area (Å²) in [6, 6.07) is 0.107. The fourth-order valence-electron chi connectivity index (χ4n) is 2.32. The van der Waals surface area contributed by atoms with Gasteiger partial charge in [-0.05, 0) is 19.3 Å². The number of nitrogens with one attached hydrogen (secondary N) is 1. The van der Waals surface area contributed by atoms with Crippen molar-refractivity contribution in [1.29, 1.82) is 0 Å². The number of hydrogen-bond donors (Lipinski definition) is 1. The van der Waals surface area contributed by atoms with Crippen LogP contribution in [0.15, 0.2) is 18.6 Å². The van der Waals surface area contributed by atoms with Crippen LogP contribution in [0.5, 0.6) is 0 Å². The van der Waals surface area contributed by atoms with Gasteiger partial charge in [0.15, 0.2) is 0 Å². The molecule has 2 heterocycles. The molecule has 0 atom stereocenters. The molecular weight excluding hydrogens is 256 g/mol. The van der Waals surface area contributed by atoms with Gasteiger partial charge in [-0.25, -0.2) is 4.98 Å². The normalized spacial score (nSPS) is 15.9. The fraction of sp³-hybridized carbons (Fsp3) is 0.571. The van der Waals surface area contributed by atoms with Gasteiger partial charge in [0.05, 0.1) is 6.20 Å². The van der Waals surface area contributed by atoms with Gasteiger partial charge in [0.2, 0.25) is 5.91 Å². The number of hydrogen-bond acceptors (Lipinski definition) is 4. The maximum atomic E-state index is 11.9. The molecule has 0 aliphatic carbocycles. The van der Waals surface area contributed by atoms with Crippen molar-refractivity contribution < 1.29 is 9.59 Å². The molecule has 1 aromatic heterocycles. The number of carbonyl (C=O) groups excluding carboxylic acids is 2. The molecule has 1 aromatic rings. The lowest BCUT2D eigenvalue weighted by molar-refractivity contribution is -0.132. The Kier molecular flexibility index (Phi) is 5.03. The van der Waals surface area contributed by atoms with Crippen LogP contribution in [0.1, 0.15) is 43.1 Å². The molecule has 0 saturated carbocycles. The predicted octanol–water partition coefficient (Wildman–Crippen LogP) is 0.997. The summed E-state index contributed by atoms with van der Waals surface area (Å²) in [6.45, 7) is 3.43. The van der Waals surface area contributed by atoms with Crippen molar-refractivity contribution in [3.05, 3.63) is 24.3 Å². The Morgan fingerprint density at radius 2 is 2.10 bits per heavy atom. The molecule has 108 valence electrons. The molecule has 6 nitrogen and oxygen atoms in total. The van der Waals surface area contributed by atoms with Gasteiger partial charge in [0, 0.05) is 37.9 Å². The minimum absolute atomic E-state index is 0.107. The molecular formula is C14H20N4O2. The zero-order valence-corrected chi connectivity index (χ0v) is 11.7. The number of carbonyl (C=O) groups is 2. The average molecular weight is 276 g/mol. The van der Waals surface area contributed by atoms with Crippen LogP contribution in [0.2, 0.25) is 0 Å². The summed E-state index contributed by atoms with van der Waals surface area (Å²) < 4.78 is 0. The minimum Gasteiger partial charge on any atom is -0.348 e. The van der Waals surface area contributed by atoms with Crippen molar-refractivity contribution in [1.82, 2.24) is 20.2 Å². The Morgan fingerprint density at radius 3 is 2.70 bits per heavy atom. The lowest BCUT2D eigenvalue weighted by atomic mass is 10.0. The van der Waals surface area contributed by atoms with Gasteiger partial charge < -0.3 is 10.2 Å². The Morgan fingerprint density at radius 1 is 1.35 bits per heavy atom. The molecule has 0 bridgehead atoms. The number of aromatic nitrogens is 2. The predicted molar refractivity (Wildman–Crippen MR) is 74.0 cm³/mol. The van der Waals surface area contributed by atoms with Crippen LogP contribution >= 0.6 is 0 Å². The van der Waals surface area contributed by atoms with Crippen LogP contribution in [-0.4, -0.2) is 45.8 Å². The first-order chi connectivity index (χ1) is 9.70. The van der Waals surface area contributed by atoms with Gasteiger partial charge >= 0.3 is 0 Å². The lowest BCUT2D eigenvalue weighted by Crippen LogP contribution is -2.46. The first-order valence-corrected chi connectivity index (χ1v) is 7.05. The molecule has 20 heavy (non-hydrogen) atoms. The molecule has 0 radical (unpaired) electrons. The van der Waals surface area contributed by atoms with Gasteiger partial charge in [-0.1, -0.05) is 6.92 Å². The number of nitrogens with zero attached hydrogens (tertiary/aromatic N) is 3. The Hall–Kier alpha value is -1.98. The maximum Gasteiger partial charge on any atom is 0.271 e. The van der Waals surface area contributed by atoms with E-state index < -0.39 is 0 Å².